The first-order valence-corrected chi connectivity index (χ1v) is 8.15. The second kappa shape index (κ2) is 8.98. The lowest BCUT2D eigenvalue weighted by molar-refractivity contribution is -0.130. The Labute approximate surface area is 156 Å². The molecule has 2 aromatic rings. The summed E-state index contributed by atoms with van der Waals surface area (Å²) in [7, 11) is 4.75. The molecule has 27 heavy (non-hydrogen) atoms. The van der Waals surface area contributed by atoms with E-state index in [0.29, 0.717) is 11.4 Å². The molecular formula is C19H21F2N3O3. The predicted octanol–water partition coefficient (Wildman–Crippen LogP) is 3.10. The van der Waals surface area contributed by atoms with Gasteiger partial charge >= 0.3 is 6.03 Å². The number of rotatable bonds is 6. The highest BCUT2D eigenvalue weighted by Crippen LogP contribution is 2.18. The Kier molecular flexibility index (Phi) is 6.70. The molecule has 0 unspecified atom stereocenters. The molecular weight excluding hydrogens is 356 g/mol. The van der Waals surface area contributed by atoms with Crippen molar-refractivity contribution in [3.63, 3.8) is 0 Å². The molecule has 0 atom stereocenters. The van der Waals surface area contributed by atoms with Crippen LogP contribution in [0.2, 0.25) is 0 Å². The van der Waals surface area contributed by atoms with Crippen LogP contribution in [-0.2, 0) is 11.3 Å². The highest BCUT2D eigenvalue weighted by atomic mass is 19.1. The molecule has 0 fully saturated rings. The maximum absolute atomic E-state index is 13.7. The van der Waals surface area contributed by atoms with Gasteiger partial charge in [0, 0.05) is 51.1 Å². The highest BCUT2D eigenvalue weighted by Gasteiger charge is 2.13. The number of nitrogens with zero attached hydrogens (tertiary/aromatic N) is 2. The molecule has 0 heterocycles. The Bertz CT molecular complexity index is 828. The number of hydrogen-bond acceptors (Lipinski definition) is 3. The Morgan fingerprint density at radius 1 is 1.07 bits per heavy atom. The Morgan fingerprint density at radius 2 is 1.81 bits per heavy atom. The maximum Gasteiger partial charge on any atom is 0.321 e. The first-order chi connectivity index (χ1) is 12.8. The van der Waals surface area contributed by atoms with Crippen LogP contribution < -0.4 is 10.1 Å². The van der Waals surface area contributed by atoms with E-state index >= 15 is 0 Å². The number of amides is 3. The Balaban J connectivity index is 1.96. The predicted molar refractivity (Wildman–Crippen MR) is 97.5 cm³/mol. The summed E-state index contributed by atoms with van der Waals surface area (Å²) in [6.07, 6.45) is 0. The molecule has 0 aliphatic carbocycles. The molecule has 144 valence electrons. The fourth-order valence-electron chi connectivity index (χ4n) is 2.13. The molecule has 1 N–H and O–H groups in total. The van der Waals surface area contributed by atoms with Crippen LogP contribution in [0.5, 0.6) is 5.75 Å². The van der Waals surface area contributed by atoms with Crippen LogP contribution in [0.3, 0.4) is 0 Å². The van der Waals surface area contributed by atoms with Gasteiger partial charge in [-0.1, -0.05) is 12.1 Å². The number of carbonyl (C=O) groups excluding carboxylic acids is 2. The van der Waals surface area contributed by atoms with Gasteiger partial charge < -0.3 is 19.9 Å². The molecule has 0 aliphatic rings. The van der Waals surface area contributed by atoms with Crippen LogP contribution in [0.15, 0.2) is 42.5 Å². The molecule has 0 radical (unpaired) electrons. The largest absolute Gasteiger partial charge is 0.484 e. The lowest BCUT2D eigenvalue weighted by Gasteiger charge is -2.19. The third-order valence-electron chi connectivity index (χ3n) is 3.72. The summed E-state index contributed by atoms with van der Waals surface area (Å²) in [6, 6.07) is 9.31. The number of ether oxygens (including phenoxy) is 1. The second-order valence-electron chi connectivity index (χ2n) is 6.13. The number of urea groups is 1. The smallest absolute Gasteiger partial charge is 0.321 e. The van der Waals surface area contributed by atoms with Crippen molar-refractivity contribution in [3.8, 4) is 5.75 Å². The lowest BCUT2D eigenvalue weighted by atomic mass is 10.2. The summed E-state index contributed by atoms with van der Waals surface area (Å²) < 4.78 is 32.1. The summed E-state index contributed by atoms with van der Waals surface area (Å²) in [6.45, 7) is -0.139. The molecule has 8 heteroatoms. The SMILES string of the molecule is CN(C)C(=O)COc1cccc(NC(=O)N(C)Cc2ccc(F)cc2F)c1. The van der Waals surface area contributed by atoms with Gasteiger partial charge in [0.2, 0.25) is 0 Å². The van der Waals surface area contributed by atoms with E-state index in [2.05, 4.69) is 5.32 Å². The van der Waals surface area contributed by atoms with Gasteiger partial charge in [0.1, 0.15) is 17.4 Å². The van der Waals surface area contributed by atoms with Crippen LogP contribution in [-0.4, -0.2) is 49.5 Å². The first-order valence-electron chi connectivity index (χ1n) is 8.15. The summed E-state index contributed by atoms with van der Waals surface area (Å²) in [5, 5.41) is 2.66. The third kappa shape index (κ3) is 5.95. The zero-order chi connectivity index (χ0) is 20.0. The van der Waals surface area contributed by atoms with Crippen molar-refractivity contribution in [1.29, 1.82) is 0 Å². The van der Waals surface area contributed by atoms with Crippen LogP contribution in [0.4, 0.5) is 19.3 Å². The van der Waals surface area contributed by atoms with Gasteiger partial charge in [0.25, 0.3) is 5.91 Å². The third-order valence-corrected chi connectivity index (χ3v) is 3.72. The first kappa shape index (κ1) is 20.2. The fraction of sp³-hybridized carbons (Fsp3) is 0.263. The quantitative estimate of drug-likeness (QED) is 0.842. The molecule has 0 spiro atoms. The zero-order valence-electron chi connectivity index (χ0n) is 15.3. The second-order valence-corrected chi connectivity index (χ2v) is 6.13. The Hall–Kier alpha value is -3.16. The van der Waals surface area contributed by atoms with Gasteiger partial charge in [-0.3, -0.25) is 4.79 Å². The topological polar surface area (TPSA) is 61.9 Å². The maximum atomic E-state index is 13.7. The van der Waals surface area contributed by atoms with E-state index in [-0.39, 0.29) is 24.6 Å². The minimum absolute atomic E-state index is 0.0223. The van der Waals surface area contributed by atoms with Gasteiger partial charge in [0.15, 0.2) is 6.61 Å². The molecule has 6 nitrogen and oxygen atoms in total. The average molecular weight is 377 g/mol. The monoisotopic (exact) mass is 377 g/mol. The van der Waals surface area contributed by atoms with Crippen molar-refractivity contribution in [2.24, 2.45) is 0 Å². The highest BCUT2D eigenvalue weighted by molar-refractivity contribution is 5.89. The van der Waals surface area contributed by atoms with Crippen molar-refractivity contribution >= 4 is 17.6 Å². The van der Waals surface area contributed by atoms with Gasteiger partial charge in [-0.25, -0.2) is 13.6 Å². The van der Waals surface area contributed by atoms with Gasteiger partial charge in [0.05, 0.1) is 0 Å². The standard InChI is InChI=1S/C19H21F2N3O3/c1-23(2)18(25)12-27-16-6-4-5-15(10-16)22-19(26)24(3)11-13-7-8-14(20)9-17(13)21/h4-10H,11-12H2,1-3H3,(H,22,26). The number of carbonyl (C=O) groups is 2. The van der Waals surface area contributed by atoms with Crippen molar-refractivity contribution in [3.05, 3.63) is 59.7 Å². The van der Waals surface area contributed by atoms with E-state index < -0.39 is 17.7 Å². The van der Waals surface area contributed by atoms with Gasteiger partial charge in [-0.05, 0) is 18.2 Å². The summed E-state index contributed by atoms with van der Waals surface area (Å²) in [4.78, 5) is 26.5. The number of anilines is 1. The van der Waals surface area contributed by atoms with E-state index in [9.17, 15) is 18.4 Å². The number of nitrogens with one attached hydrogen (secondary N) is 1. The molecule has 0 bridgehead atoms. The van der Waals surface area contributed by atoms with E-state index in [1.165, 1.54) is 22.9 Å². The zero-order valence-corrected chi connectivity index (χ0v) is 15.3. The number of halogens is 2. The summed E-state index contributed by atoms with van der Waals surface area (Å²) in [5.74, 6) is -1.15. The molecule has 0 saturated heterocycles. The number of benzene rings is 2. The summed E-state index contributed by atoms with van der Waals surface area (Å²) >= 11 is 0. The van der Waals surface area contributed by atoms with Gasteiger partial charge in [-0.15, -0.1) is 0 Å². The van der Waals surface area contributed by atoms with E-state index in [1.807, 2.05) is 0 Å². The Morgan fingerprint density at radius 3 is 2.48 bits per heavy atom. The summed E-state index contributed by atoms with van der Waals surface area (Å²) in [5.41, 5.74) is 0.662. The minimum atomic E-state index is -0.712. The number of likely N-dealkylation sites (N-methyl/N-ethyl adjacent to an activating group) is 1. The molecule has 0 aliphatic heterocycles. The van der Waals surface area contributed by atoms with Crippen molar-refractivity contribution in [2.75, 3.05) is 33.1 Å². The van der Waals surface area contributed by atoms with Crippen LogP contribution in [0.25, 0.3) is 0 Å². The van der Waals surface area contributed by atoms with Crippen molar-refractivity contribution < 1.29 is 23.1 Å². The lowest BCUT2D eigenvalue weighted by Crippen LogP contribution is -2.31. The van der Waals surface area contributed by atoms with Crippen LogP contribution >= 0.6 is 0 Å². The molecule has 0 saturated carbocycles. The van der Waals surface area contributed by atoms with Crippen molar-refractivity contribution in [1.82, 2.24) is 9.80 Å². The fourth-order valence-corrected chi connectivity index (χ4v) is 2.13. The van der Waals surface area contributed by atoms with E-state index in [4.69, 9.17) is 4.74 Å². The number of hydrogen-bond donors (Lipinski definition) is 1. The molecule has 3 amide bonds. The van der Waals surface area contributed by atoms with E-state index in [1.54, 1.807) is 38.4 Å². The van der Waals surface area contributed by atoms with Crippen LogP contribution in [0, 0.1) is 11.6 Å². The molecule has 2 aromatic carbocycles. The van der Waals surface area contributed by atoms with E-state index in [0.717, 1.165) is 12.1 Å². The minimum Gasteiger partial charge on any atom is -0.484 e. The van der Waals surface area contributed by atoms with Gasteiger partial charge in [-0.2, -0.15) is 0 Å². The molecule has 2 rings (SSSR count). The average Bonchev–Trinajstić information content (AvgIpc) is 2.62. The molecule has 0 aromatic heterocycles. The van der Waals surface area contributed by atoms with Crippen LogP contribution in [0.1, 0.15) is 5.56 Å². The normalized spacial score (nSPS) is 10.3. The van der Waals surface area contributed by atoms with Crippen molar-refractivity contribution in [2.45, 2.75) is 6.54 Å².